The molecule has 0 saturated heterocycles. The average molecular weight is 520 g/mol. The van der Waals surface area contributed by atoms with E-state index in [1.165, 1.54) is 75.3 Å². The number of hydrogen-bond acceptors (Lipinski definition) is 3. The second-order valence-electron chi connectivity index (χ2n) is 11.3. The summed E-state index contributed by atoms with van der Waals surface area (Å²) >= 11 is 3.53. The van der Waals surface area contributed by atoms with Gasteiger partial charge in [-0.05, 0) is 91.9 Å². The highest BCUT2D eigenvalue weighted by Gasteiger charge is 2.57. The molecule has 33 heavy (non-hydrogen) atoms. The Kier molecular flexibility index (Phi) is 8.46. The average Bonchev–Trinajstić information content (AvgIpc) is 3.10. The van der Waals surface area contributed by atoms with Gasteiger partial charge in [-0.25, -0.2) is 0 Å². The van der Waals surface area contributed by atoms with Crippen LogP contribution in [0.25, 0.3) is 0 Å². The Hall–Kier alpha value is -1.03. The van der Waals surface area contributed by atoms with Crippen LogP contribution in [0.2, 0.25) is 0 Å². The normalized spacial score (nSPS) is 32.6. The van der Waals surface area contributed by atoms with Crippen molar-refractivity contribution in [3.05, 3.63) is 29.3 Å². The van der Waals surface area contributed by atoms with E-state index in [1.807, 2.05) is 12.1 Å². The molecule has 184 valence electrons. The molecule has 0 heterocycles. The van der Waals surface area contributed by atoms with Gasteiger partial charge in [-0.1, -0.05) is 67.4 Å². The highest BCUT2D eigenvalue weighted by molar-refractivity contribution is 9.09. The zero-order valence-electron chi connectivity index (χ0n) is 20.7. The van der Waals surface area contributed by atoms with Crippen molar-refractivity contribution in [1.29, 1.82) is 0 Å². The van der Waals surface area contributed by atoms with Gasteiger partial charge in [-0.3, -0.25) is 4.79 Å². The SMILES string of the molecule is CC(=O)O[C@H]1CC[C@H]2[C@@H]3[C@H](CCCCCCCCCBr)Cc4cc(O)ccc4[C@H]3CC[C@]12C. The highest BCUT2D eigenvalue weighted by Crippen LogP contribution is 2.63. The number of phenols is 1. The van der Waals surface area contributed by atoms with Crippen LogP contribution in [0.3, 0.4) is 0 Å². The number of fused-ring (bicyclic) bond motifs is 5. The van der Waals surface area contributed by atoms with E-state index in [1.54, 1.807) is 6.92 Å². The first-order valence-electron chi connectivity index (χ1n) is 13.5. The molecule has 6 atom stereocenters. The smallest absolute Gasteiger partial charge is 0.302 e. The van der Waals surface area contributed by atoms with Crippen molar-refractivity contribution >= 4 is 21.9 Å². The number of hydrogen-bond donors (Lipinski definition) is 1. The number of benzene rings is 1. The number of phenolic OH excluding ortho intramolecular Hbond substituents is 1. The fourth-order valence-electron chi connectivity index (χ4n) is 7.79. The van der Waals surface area contributed by atoms with Crippen molar-refractivity contribution in [1.82, 2.24) is 0 Å². The van der Waals surface area contributed by atoms with Crippen LogP contribution in [-0.2, 0) is 16.0 Å². The summed E-state index contributed by atoms with van der Waals surface area (Å²) in [4.78, 5) is 11.8. The molecule has 0 amide bonds. The fourth-order valence-corrected chi connectivity index (χ4v) is 8.19. The maximum absolute atomic E-state index is 11.8. The van der Waals surface area contributed by atoms with Gasteiger partial charge in [0.05, 0.1) is 0 Å². The van der Waals surface area contributed by atoms with Crippen molar-refractivity contribution in [3.63, 3.8) is 0 Å². The van der Waals surface area contributed by atoms with Crippen molar-refractivity contribution < 1.29 is 14.6 Å². The molecule has 0 radical (unpaired) electrons. The summed E-state index contributed by atoms with van der Waals surface area (Å²) in [5.41, 5.74) is 2.99. The molecule has 3 nitrogen and oxygen atoms in total. The second kappa shape index (κ2) is 11.1. The van der Waals surface area contributed by atoms with Gasteiger partial charge in [-0.2, -0.15) is 0 Å². The molecule has 4 heteroatoms. The molecule has 0 aromatic heterocycles. The summed E-state index contributed by atoms with van der Waals surface area (Å²) in [6.07, 6.45) is 16.4. The molecule has 3 aliphatic rings. The number of unbranched alkanes of at least 4 members (excludes halogenated alkanes) is 6. The number of carbonyl (C=O) groups is 1. The summed E-state index contributed by atoms with van der Waals surface area (Å²) in [6, 6.07) is 6.12. The summed E-state index contributed by atoms with van der Waals surface area (Å²) in [5, 5.41) is 11.3. The van der Waals surface area contributed by atoms with E-state index in [0.717, 1.165) is 24.6 Å². The van der Waals surface area contributed by atoms with E-state index in [-0.39, 0.29) is 17.5 Å². The maximum atomic E-state index is 11.8. The van der Waals surface area contributed by atoms with Gasteiger partial charge >= 0.3 is 5.97 Å². The first-order chi connectivity index (χ1) is 15.9. The van der Waals surface area contributed by atoms with E-state index < -0.39 is 0 Å². The summed E-state index contributed by atoms with van der Waals surface area (Å²) < 4.78 is 5.86. The lowest BCUT2D eigenvalue weighted by atomic mass is 9.52. The third kappa shape index (κ3) is 5.46. The van der Waals surface area contributed by atoms with Crippen LogP contribution in [0, 0.1) is 23.2 Å². The summed E-state index contributed by atoms with van der Waals surface area (Å²) in [7, 11) is 0. The summed E-state index contributed by atoms with van der Waals surface area (Å²) in [5.74, 6) is 2.88. The first-order valence-corrected chi connectivity index (χ1v) is 14.6. The zero-order valence-corrected chi connectivity index (χ0v) is 22.2. The van der Waals surface area contributed by atoms with Crippen molar-refractivity contribution in [2.75, 3.05) is 5.33 Å². The maximum Gasteiger partial charge on any atom is 0.302 e. The van der Waals surface area contributed by atoms with E-state index in [9.17, 15) is 9.90 Å². The van der Waals surface area contributed by atoms with Crippen LogP contribution in [0.15, 0.2) is 18.2 Å². The van der Waals surface area contributed by atoms with E-state index in [0.29, 0.717) is 29.4 Å². The largest absolute Gasteiger partial charge is 0.508 e. The van der Waals surface area contributed by atoms with Crippen LogP contribution < -0.4 is 0 Å². The van der Waals surface area contributed by atoms with Crippen LogP contribution >= 0.6 is 15.9 Å². The molecule has 0 bridgehead atoms. The van der Waals surface area contributed by atoms with Crippen molar-refractivity contribution in [2.45, 2.75) is 109 Å². The Bertz CT molecular complexity index is 808. The third-order valence-electron chi connectivity index (χ3n) is 9.31. The monoisotopic (exact) mass is 518 g/mol. The Morgan fingerprint density at radius 3 is 2.55 bits per heavy atom. The number of carbonyl (C=O) groups excluding carboxylic acids is 1. The Morgan fingerprint density at radius 1 is 1.09 bits per heavy atom. The predicted molar refractivity (Wildman–Crippen MR) is 138 cm³/mol. The highest BCUT2D eigenvalue weighted by atomic mass is 79.9. The number of esters is 1. The molecule has 1 aromatic carbocycles. The first kappa shape index (κ1) is 25.1. The minimum atomic E-state index is -0.124. The van der Waals surface area contributed by atoms with Gasteiger partial charge in [0, 0.05) is 17.7 Å². The molecule has 0 aliphatic heterocycles. The molecule has 2 saturated carbocycles. The lowest BCUT2D eigenvalue weighted by molar-refractivity contribution is -0.155. The lowest BCUT2D eigenvalue weighted by Gasteiger charge is -2.53. The van der Waals surface area contributed by atoms with Crippen molar-refractivity contribution in [2.24, 2.45) is 23.2 Å². The summed E-state index contributed by atoms with van der Waals surface area (Å²) in [6.45, 7) is 3.97. The number of ether oxygens (including phenoxy) is 1. The zero-order chi connectivity index (χ0) is 23.4. The molecule has 1 N–H and O–H groups in total. The van der Waals surface area contributed by atoms with Gasteiger partial charge in [-0.15, -0.1) is 0 Å². The number of alkyl halides is 1. The van der Waals surface area contributed by atoms with Gasteiger partial charge < -0.3 is 9.84 Å². The molecule has 1 aromatic rings. The molecule has 0 unspecified atom stereocenters. The van der Waals surface area contributed by atoms with Gasteiger partial charge in [0.2, 0.25) is 0 Å². The van der Waals surface area contributed by atoms with Crippen LogP contribution in [0.1, 0.15) is 108 Å². The standard InChI is InChI=1S/C29H43BrO3/c1-20(31)33-27-14-13-26-28-21(10-8-6-4-3-5-7-9-17-30)18-22-19-23(32)11-12-24(22)25(28)15-16-29(26,27)2/h11-12,19,21,25-28,32H,3-10,13-18H2,1-2H3/t21-,25-,26+,27+,28-,29+/m1/s1. The predicted octanol–water partition coefficient (Wildman–Crippen LogP) is 7.92. The van der Waals surface area contributed by atoms with Crippen LogP contribution in [-0.4, -0.2) is 22.5 Å². The van der Waals surface area contributed by atoms with E-state index in [4.69, 9.17) is 4.74 Å². The molecule has 4 rings (SSSR count). The second-order valence-corrected chi connectivity index (χ2v) is 12.1. The van der Waals surface area contributed by atoms with Gasteiger partial charge in [0.15, 0.2) is 0 Å². The topological polar surface area (TPSA) is 46.5 Å². The molecular formula is C29H43BrO3. The molecule has 0 spiro atoms. The minimum absolute atomic E-state index is 0.0855. The van der Waals surface area contributed by atoms with Crippen molar-refractivity contribution in [3.8, 4) is 5.75 Å². The fraction of sp³-hybridized carbons (Fsp3) is 0.759. The molecular weight excluding hydrogens is 476 g/mol. The van der Waals surface area contributed by atoms with Gasteiger partial charge in [0.25, 0.3) is 0 Å². The third-order valence-corrected chi connectivity index (χ3v) is 9.88. The van der Waals surface area contributed by atoms with Gasteiger partial charge in [0.1, 0.15) is 11.9 Å². The van der Waals surface area contributed by atoms with E-state index >= 15 is 0 Å². The molecule has 2 fully saturated rings. The Labute approximate surface area is 209 Å². The Morgan fingerprint density at radius 2 is 1.82 bits per heavy atom. The number of aromatic hydroxyl groups is 1. The minimum Gasteiger partial charge on any atom is -0.508 e. The quantitative estimate of drug-likeness (QED) is 0.194. The lowest BCUT2D eigenvalue weighted by Crippen LogP contribution is -2.48. The Balaban J connectivity index is 1.46. The number of rotatable bonds is 10. The van der Waals surface area contributed by atoms with Crippen LogP contribution in [0.4, 0.5) is 0 Å². The van der Waals surface area contributed by atoms with Crippen LogP contribution in [0.5, 0.6) is 5.75 Å². The molecule has 3 aliphatic carbocycles. The van der Waals surface area contributed by atoms with E-state index in [2.05, 4.69) is 28.9 Å². The number of halogens is 1.